The Morgan fingerprint density at radius 1 is 1.34 bits per heavy atom. The van der Waals surface area contributed by atoms with Gasteiger partial charge in [0.05, 0.1) is 25.8 Å². The quantitative estimate of drug-likeness (QED) is 0.719. The van der Waals surface area contributed by atoms with Gasteiger partial charge < -0.3 is 24.3 Å². The van der Waals surface area contributed by atoms with Gasteiger partial charge in [0.2, 0.25) is 5.43 Å². The molecule has 2 aromatic rings. The van der Waals surface area contributed by atoms with Crippen molar-refractivity contribution >= 4 is 11.8 Å². The van der Waals surface area contributed by atoms with Gasteiger partial charge in [-0.15, -0.1) is 0 Å². The van der Waals surface area contributed by atoms with E-state index in [1.165, 1.54) is 26.3 Å². The van der Waals surface area contributed by atoms with E-state index in [1.54, 1.807) is 9.47 Å². The minimum absolute atomic E-state index is 0. The van der Waals surface area contributed by atoms with Gasteiger partial charge >= 0.3 is 0 Å². The molecule has 5 unspecified atom stereocenters. The number of aromatic nitrogens is 1. The Morgan fingerprint density at radius 3 is 2.89 bits per heavy atom. The van der Waals surface area contributed by atoms with Gasteiger partial charge in [-0.1, -0.05) is 6.07 Å². The van der Waals surface area contributed by atoms with E-state index in [0.717, 1.165) is 25.0 Å². The van der Waals surface area contributed by atoms with Gasteiger partial charge in [-0.2, -0.15) is 0 Å². The standard InChI is InChI=1S/C25H23F2N3O5.H2/c1-10(12-4-3-11(26)5-16(12)27)28-23(32)14-8-29-9-18-30(24(33)19(29)21(34-2)20(14)31)22-13-6-15(13)25(22)7-17(25)35-18;/h3-5,8,10,13,15,17-18,22H,6-7,9H2,1-2H3,(H,28,32);1H/t10-,13?,15?,17?,18+,22?,25?;/m1./s1. The van der Waals surface area contributed by atoms with E-state index in [4.69, 9.17) is 9.47 Å². The van der Waals surface area contributed by atoms with Crippen molar-refractivity contribution in [1.82, 2.24) is 14.8 Å². The molecule has 1 saturated heterocycles. The van der Waals surface area contributed by atoms with Gasteiger partial charge in [-0.3, -0.25) is 14.4 Å². The van der Waals surface area contributed by atoms with Crippen LogP contribution in [0, 0.1) is 28.9 Å². The Balaban J connectivity index is 0.00000240. The van der Waals surface area contributed by atoms with Crippen LogP contribution >= 0.6 is 0 Å². The second-order valence-electron chi connectivity index (χ2n) is 10.3. The lowest BCUT2D eigenvalue weighted by atomic mass is 9.73. The van der Waals surface area contributed by atoms with E-state index in [2.05, 4.69) is 5.32 Å². The molecule has 4 fully saturated rings. The van der Waals surface area contributed by atoms with Crippen molar-refractivity contribution in [3.63, 3.8) is 0 Å². The summed E-state index contributed by atoms with van der Waals surface area (Å²) >= 11 is 0. The van der Waals surface area contributed by atoms with Crippen LogP contribution in [0.1, 0.15) is 53.6 Å². The fraction of sp³-hybridized carbons (Fsp3) is 0.480. The van der Waals surface area contributed by atoms with Gasteiger partial charge in [0, 0.05) is 30.7 Å². The molecule has 3 saturated carbocycles. The number of carbonyl (C=O) groups is 2. The minimum Gasteiger partial charge on any atom is -0.491 e. The fourth-order valence-corrected chi connectivity index (χ4v) is 6.96. The van der Waals surface area contributed by atoms with Crippen molar-refractivity contribution < 1.29 is 29.3 Å². The van der Waals surface area contributed by atoms with Crippen molar-refractivity contribution in [1.29, 1.82) is 0 Å². The van der Waals surface area contributed by atoms with Crippen LogP contribution in [0.25, 0.3) is 0 Å². The SMILES string of the molecule is COc1c2n(cc(C(=O)N[C@H](C)c3ccc(F)cc3F)c1=O)C[C@@H]1OC3CC34C3CC3C4N1C2=O.[HH]. The van der Waals surface area contributed by atoms with Crippen molar-refractivity contribution in [2.45, 2.75) is 50.7 Å². The maximum Gasteiger partial charge on any atom is 0.276 e. The molecule has 1 spiro atoms. The summed E-state index contributed by atoms with van der Waals surface area (Å²) in [6, 6.07) is 2.39. The molecule has 3 aliphatic carbocycles. The number of carbonyl (C=O) groups excluding carboxylic acids is 2. The Labute approximate surface area is 200 Å². The van der Waals surface area contributed by atoms with E-state index < -0.39 is 35.2 Å². The molecule has 35 heavy (non-hydrogen) atoms. The number of nitrogens with one attached hydrogen (secondary N) is 1. The highest BCUT2D eigenvalue weighted by molar-refractivity contribution is 5.99. The van der Waals surface area contributed by atoms with Gasteiger partial charge in [0.15, 0.2) is 17.7 Å². The summed E-state index contributed by atoms with van der Waals surface area (Å²) in [5.74, 6) is -1.63. The predicted octanol–water partition coefficient (Wildman–Crippen LogP) is 2.46. The predicted molar refractivity (Wildman–Crippen MR) is 119 cm³/mol. The molecule has 7 atom stereocenters. The number of fused-ring (bicyclic) bond motifs is 5. The molecule has 2 aliphatic heterocycles. The number of methoxy groups -OCH3 is 1. The lowest BCUT2D eigenvalue weighted by Gasteiger charge is -2.53. The smallest absolute Gasteiger partial charge is 0.276 e. The summed E-state index contributed by atoms with van der Waals surface area (Å²) in [5.41, 5.74) is -0.658. The largest absolute Gasteiger partial charge is 0.491 e. The molecule has 3 heterocycles. The van der Waals surface area contributed by atoms with Crippen LogP contribution in [0.2, 0.25) is 0 Å². The number of ether oxygens (including phenoxy) is 2. The van der Waals surface area contributed by atoms with E-state index in [1.807, 2.05) is 0 Å². The maximum atomic E-state index is 14.2. The first-order valence-corrected chi connectivity index (χ1v) is 11.8. The molecule has 1 aromatic carbocycles. The highest BCUT2D eigenvalue weighted by Crippen LogP contribution is 2.81. The number of benzene rings is 1. The second-order valence-corrected chi connectivity index (χ2v) is 10.3. The van der Waals surface area contributed by atoms with E-state index in [9.17, 15) is 23.2 Å². The van der Waals surface area contributed by atoms with Crippen molar-refractivity contribution in [2.24, 2.45) is 17.3 Å². The maximum absolute atomic E-state index is 14.2. The molecule has 1 aromatic heterocycles. The molecule has 7 rings (SSSR count). The third-order valence-corrected chi connectivity index (χ3v) is 8.65. The van der Waals surface area contributed by atoms with Crippen LogP contribution in [0.3, 0.4) is 0 Å². The first-order chi connectivity index (χ1) is 16.8. The summed E-state index contributed by atoms with van der Waals surface area (Å²) in [6.45, 7) is 1.81. The van der Waals surface area contributed by atoms with Gasteiger partial charge in [0.1, 0.15) is 17.2 Å². The monoisotopic (exact) mass is 485 g/mol. The molecular weight excluding hydrogens is 460 g/mol. The van der Waals surface area contributed by atoms with Crippen LogP contribution in [0.5, 0.6) is 5.75 Å². The average molecular weight is 485 g/mol. The Kier molecular flexibility index (Phi) is 4.02. The van der Waals surface area contributed by atoms with Gasteiger partial charge in [-0.05, 0) is 37.7 Å². The van der Waals surface area contributed by atoms with Crippen LogP contribution in [-0.4, -0.2) is 46.8 Å². The number of pyridine rings is 1. The molecule has 1 N–H and O–H groups in total. The van der Waals surface area contributed by atoms with Crippen molar-refractivity contribution in [3.05, 3.63) is 63.1 Å². The number of hydrogen-bond donors (Lipinski definition) is 1. The summed E-state index contributed by atoms with van der Waals surface area (Å²) in [5, 5.41) is 2.59. The number of nitrogens with zero attached hydrogens (tertiary/aromatic N) is 2. The Hall–Kier alpha value is -3.27. The number of amides is 2. The third kappa shape index (κ3) is 2.60. The molecule has 2 amide bonds. The molecule has 184 valence electrons. The zero-order valence-electron chi connectivity index (χ0n) is 19.1. The summed E-state index contributed by atoms with van der Waals surface area (Å²) in [7, 11) is 1.29. The van der Waals surface area contributed by atoms with Gasteiger partial charge in [0.25, 0.3) is 11.8 Å². The Morgan fingerprint density at radius 2 is 2.14 bits per heavy atom. The van der Waals surface area contributed by atoms with Gasteiger partial charge in [-0.25, -0.2) is 8.78 Å². The number of rotatable bonds is 4. The second kappa shape index (κ2) is 6.69. The molecule has 0 bridgehead atoms. The highest BCUT2D eigenvalue weighted by Gasteiger charge is 2.85. The molecule has 10 heteroatoms. The highest BCUT2D eigenvalue weighted by atomic mass is 19.1. The van der Waals surface area contributed by atoms with Crippen LogP contribution in [0.15, 0.2) is 29.2 Å². The summed E-state index contributed by atoms with van der Waals surface area (Å²) in [4.78, 5) is 41.7. The molecule has 0 radical (unpaired) electrons. The first kappa shape index (κ1) is 21.0. The van der Waals surface area contributed by atoms with E-state index in [-0.39, 0.29) is 54.0 Å². The molecule has 5 aliphatic rings. The topological polar surface area (TPSA) is 89.9 Å². The fourth-order valence-electron chi connectivity index (χ4n) is 6.96. The normalized spacial score (nSPS) is 33.8. The average Bonchev–Trinajstić information content (AvgIpc) is 3.70. The molecule has 8 nitrogen and oxygen atoms in total. The summed E-state index contributed by atoms with van der Waals surface area (Å²) < 4.78 is 40.6. The third-order valence-electron chi connectivity index (χ3n) is 8.65. The first-order valence-electron chi connectivity index (χ1n) is 11.8. The van der Waals surface area contributed by atoms with E-state index >= 15 is 0 Å². The van der Waals surface area contributed by atoms with Crippen LogP contribution in [-0.2, 0) is 11.3 Å². The molecular formula is C25H25F2N3O5. The number of hydrogen-bond acceptors (Lipinski definition) is 5. The summed E-state index contributed by atoms with van der Waals surface area (Å²) in [6.07, 6.45) is 3.14. The minimum atomic E-state index is -0.832. The van der Waals surface area contributed by atoms with Crippen molar-refractivity contribution in [3.8, 4) is 5.75 Å². The lowest BCUT2D eigenvalue weighted by Crippen LogP contribution is -2.65. The van der Waals surface area contributed by atoms with E-state index in [0.29, 0.717) is 11.8 Å². The Bertz CT molecular complexity index is 1400. The van der Waals surface area contributed by atoms with Crippen LogP contribution in [0.4, 0.5) is 8.78 Å². The lowest BCUT2D eigenvalue weighted by molar-refractivity contribution is -0.174. The zero-order chi connectivity index (χ0) is 24.4. The van der Waals surface area contributed by atoms with Crippen LogP contribution < -0.4 is 15.5 Å². The van der Waals surface area contributed by atoms with Crippen molar-refractivity contribution in [2.75, 3.05) is 7.11 Å². The number of halogens is 2. The zero-order valence-corrected chi connectivity index (χ0v) is 19.1.